The van der Waals surface area contributed by atoms with Crippen molar-refractivity contribution in [1.29, 1.82) is 0 Å². The lowest BCUT2D eigenvalue weighted by Gasteiger charge is -2.52. The monoisotopic (exact) mass is 338 g/mol. The van der Waals surface area contributed by atoms with Crippen LogP contribution >= 0.6 is 28.1 Å². The average Bonchev–Trinajstić information content (AvgIpc) is 2.35. The molecule has 1 fully saturated rings. The summed E-state index contributed by atoms with van der Waals surface area (Å²) in [4.78, 5) is 2.05. The third-order valence-corrected chi connectivity index (χ3v) is 4.52. The zero-order chi connectivity index (χ0) is 13.6. The number of halogens is 1. The average molecular weight is 339 g/mol. The van der Waals surface area contributed by atoms with Gasteiger partial charge in [0, 0.05) is 23.0 Å². The standard InChI is InChI=1S/C14H15BrN2OS/c1-3-6-17-13(19)16-11-8-14(17,2)18-12-5-4-9(15)7-10(11)12/h3-5,7,11H,1,6,8H2,2H3,(H,16,19). The highest BCUT2D eigenvalue weighted by Crippen LogP contribution is 2.44. The van der Waals surface area contributed by atoms with Crippen LogP contribution in [0.3, 0.4) is 0 Å². The number of nitrogens with zero attached hydrogens (tertiary/aromatic N) is 1. The molecule has 3 rings (SSSR count). The molecule has 0 spiro atoms. The normalized spacial score (nSPS) is 28.2. The van der Waals surface area contributed by atoms with Gasteiger partial charge in [-0.1, -0.05) is 22.0 Å². The van der Waals surface area contributed by atoms with Crippen molar-refractivity contribution in [3.63, 3.8) is 0 Å². The van der Waals surface area contributed by atoms with Crippen molar-refractivity contribution in [2.75, 3.05) is 6.54 Å². The molecule has 1 N–H and O–H groups in total. The Hall–Kier alpha value is -1.07. The minimum atomic E-state index is -0.401. The van der Waals surface area contributed by atoms with Crippen LogP contribution in [0.4, 0.5) is 0 Å². The predicted octanol–water partition coefficient (Wildman–Crippen LogP) is 3.37. The fourth-order valence-electron chi connectivity index (χ4n) is 2.79. The summed E-state index contributed by atoms with van der Waals surface area (Å²) in [6.45, 7) is 6.56. The van der Waals surface area contributed by atoms with Crippen LogP contribution in [0.5, 0.6) is 5.75 Å². The number of hydrogen-bond acceptors (Lipinski definition) is 2. The van der Waals surface area contributed by atoms with Crippen LogP contribution in [-0.4, -0.2) is 22.3 Å². The summed E-state index contributed by atoms with van der Waals surface area (Å²) in [5.74, 6) is 0.922. The van der Waals surface area contributed by atoms with E-state index in [0.717, 1.165) is 27.3 Å². The van der Waals surface area contributed by atoms with Gasteiger partial charge in [0.05, 0.1) is 6.04 Å². The number of thiocarbonyl (C=S) groups is 1. The molecular weight excluding hydrogens is 324 g/mol. The van der Waals surface area contributed by atoms with Gasteiger partial charge in [-0.25, -0.2) is 0 Å². The van der Waals surface area contributed by atoms with E-state index < -0.39 is 5.72 Å². The minimum Gasteiger partial charge on any atom is -0.468 e. The van der Waals surface area contributed by atoms with E-state index >= 15 is 0 Å². The minimum absolute atomic E-state index is 0.208. The van der Waals surface area contributed by atoms with Gasteiger partial charge in [-0.2, -0.15) is 0 Å². The zero-order valence-corrected chi connectivity index (χ0v) is 13.1. The first kappa shape index (κ1) is 12.9. The highest BCUT2D eigenvalue weighted by molar-refractivity contribution is 9.10. The molecule has 1 saturated heterocycles. The number of nitrogens with one attached hydrogen (secondary N) is 1. The molecule has 2 aliphatic heterocycles. The number of benzene rings is 1. The summed E-state index contributed by atoms with van der Waals surface area (Å²) in [6.07, 6.45) is 2.71. The largest absolute Gasteiger partial charge is 0.468 e. The molecule has 2 heterocycles. The molecule has 2 unspecified atom stereocenters. The molecule has 2 aliphatic rings. The maximum Gasteiger partial charge on any atom is 0.184 e. The third kappa shape index (κ3) is 2.05. The number of rotatable bonds is 2. The van der Waals surface area contributed by atoms with E-state index in [2.05, 4.69) is 45.7 Å². The van der Waals surface area contributed by atoms with Crippen LogP contribution in [0.1, 0.15) is 24.9 Å². The van der Waals surface area contributed by atoms with Gasteiger partial charge >= 0.3 is 0 Å². The van der Waals surface area contributed by atoms with Crippen LogP contribution < -0.4 is 10.1 Å². The smallest absolute Gasteiger partial charge is 0.184 e. The fraction of sp³-hybridized carbons (Fsp3) is 0.357. The second-order valence-corrected chi connectivity index (χ2v) is 6.37. The Kier molecular flexibility index (Phi) is 3.06. The van der Waals surface area contributed by atoms with Gasteiger partial charge in [0.25, 0.3) is 0 Å². The molecule has 5 heteroatoms. The Balaban J connectivity index is 2.05. The molecular formula is C14H15BrN2OS. The summed E-state index contributed by atoms with van der Waals surface area (Å²) in [5.41, 5.74) is 0.759. The van der Waals surface area contributed by atoms with Gasteiger partial charge in [0.15, 0.2) is 10.8 Å². The van der Waals surface area contributed by atoms with Crippen molar-refractivity contribution in [1.82, 2.24) is 10.2 Å². The van der Waals surface area contributed by atoms with Crippen molar-refractivity contribution < 1.29 is 4.74 Å². The van der Waals surface area contributed by atoms with E-state index in [0.29, 0.717) is 6.54 Å². The van der Waals surface area contributed by atoms with Crippen LogP contribution in [-0.2, 0) is 0 Å². The molecule has 0 amide bonds. The Bertz CT molecular complexity index is 562. The molecule has 0 aliphatic carbocycles. The highest BCUT2D eigenvalue weighted by Gasteiger charge is 2.47. The summed E-state index contributed by atoms with van der Waals surface area (Å²) >= 11 is 8.96. The first-order valence-corrected chi connectivity index (χ1v) is 7.41. The summed E-state index contributed by atoms with van der Waals surface area (Å²) in [6, 6.07) is 6.31. The SMILES string of the molecule is C=CCN1C(=S)NC2CC1(C)Oc1ccc(Br)cc12. The van der Waals surface area contributed by atoms with Crippen molar-refractivity contribution >= 4 is 33.3 Å². The van der Waals surface area contributed by atoms with Gasteiger partial charge in [-0.05, 0) is 37.3 Å². The van der Waals surface area contributed by atoms with Gasteiger partial charge in [0.1, 0.15) is 5.75 Å². The summed E-state index contributed by atoms with van der Waals surface area (Å²) in [7, 11) is 0. The summed E-state index contributed by atoms with van der Waals surface area (Å²) < 4.78 is 7.27. The third-order valence-electron chi connectivity index (χ3n) is 3.69. The first-order chi connectivity index (χ1) is 9.03. The number of fused-ring (bicyclic) bond motifs is 4. The molecule has 3 nitrogen and oxygen atoms in total. The quantitative estimate of drug-likeness (QED) is 0.660. The molecule has 0 saturated carbocycles. The van der Waals surface area contributed by atoms with Crippen LogP contribution in [0, 0.1) is 0 Å². The van der Waals surface area contributed by atoms with E-state index in [1.54, 1.807) is 0 Å². The molecule has 2 bridgehead atoms. The predicted molar refractivity (Wildman–Crippen MR) is 83.2 cm³/mol. The molecule has 1 aromatic carbocycles. The lowest BCUT2D eigenvalue weighted by Crippen LogP contribution is -2.64. The van der Waals surface area contributed by atoms with Crippen LogP contribution in [0.2, 0.25) is 0 Å². The number of hydrogen-bond donors (Lipinski definition) is 1. The Morgan fingerprint density at radius 1 is 1.68 bits per heavy atom. The molecule has 0 radical (unpaired) electrons. The molecule has 0 aromatic heterocycles. The summed E-state index contributed by atoms with van der Waals surface area (Å²) in [5, 5.41) is 4.13. The van der Waals surface area contributed by atoms with Crippen molar-refractivity contribution in [3.8, 4) is 5.75 Å². The molecule has 100 valence electrons. The maximum absolute atomic E-state index is 6.21. The molecule has 1 aromatic rings. The van der Waals surface area contributed by atoms with Crippen molar-refractivity contribution in [2.24, 2.45) is 0 Å². The maximum atomic E-state index is 6.21. The van der Waals surface area contributed by atoms with Gasteiger partial charge in [-0.15, -0.1) is 6.58 Å². The van der Waals surface area contributed by atoms with E-state index in [9.17, 15) is 0 Å². The van der Waals surface area contributed by atoms with Gasteiger partial charge < -0.3 is 15.0 Å². The van der Waals surface area contributed by atoms with Crippen molar-refractivity contribution in [2.45, 2.75) is 25.1 Å². The second-order valence-electron chi connectivity index (χ2n) is 5.06. The van der Waals surface area contributed by atoms with Gasteiger partial charge in [-0.3, -0.25) is 0 Å². The van der Waals surface area contributed by atoms with E-state index in [1.165, 1.54) is 0 Å². The van der Waals surface area contributed by atoms with Crippen LogP contribution in [0.15, 0.2) is 35.3 Å². The molecule has 19 heavy (non-hydrogen) atoms. The van der Waals surface area contributed by atoms with Gasteiger partial charge in [0.2, 0.25) is 0 Å². The first-order valence-electron chi connectivity index (χ1n) is 6.21. The van der Waals surface area contributed by atoms with Crippen molar-refractivity contribution in [3.05, 3.63) is 40.9 Å². The lowest BCUT2D eigenvalue weighted by atomic mass is 9.90. The zero-order valence-electron chi connectivity index (χ0n) is 10.6. The number of ether oxygens (including phenoxy) is 1. The van der Waals surface area contributed by atoms with E-state index in [4.69, 9.17) is 17.0 Å². The topological polar surface area (TPSA) is 24.5 Å². The Morgan fingerprint density at radius 3 is 3.21 bits per heavy atom. The Morgan fingerprint density at radius 2 is 2.47 bits per heavy atom. The fourth-order valence-corrected chi connectivity index (χ4v) is 3.58. The highest BCUT2D eigenvalue weighted by atomic mass is 79.9. The van der Waals surface area contributed by atoms with Crippen LogP contribution in [0.25, 0.3) is 0 Å². The Labute approximate surface area is 126 Å². The second kappa shape index (κ2) is 4.49. The van der Waals surface area contributed by atoms with E-state index in [-0.39, 0.29) is 6.04 Å². The molecule has 2 atom stereocenters. The van der Waals surface area contributed by atoms with E-state index in [1.807, 2.05) is 18.2 Å². The lowest BCUT2D eigenvalue weighted by molar-refractivity contribution is -0.0631.